The van der Waals surface area contributed by atoms with Crippen molar-refractivity contribution in [2.45, 2.75) is 11.4 Å². The van der Waals surface area contributed by atoms with Crippen LogP contribution in [-0.2, 0) is 16.6 Å². The molecule has 2 N–H and O–H groups in total. The lowest BCUT2D eigenvalue weighted by Gasteiger charge is -2.05. The number of sulfonamides is 1. The van der Waals surface area contributed by atoms with Crippen LogP contribution < -0.4 is 4.72 Å². The van der Waals surface area contributed by atoms with Gasteiger partial charge in [0.2, 0.25) is 10.0 Å². The Morgan fingerprint density at radius 1 is 1.47 bits per heavy atom. The van der Waals surface area contributed by atoms with Gasteiger partial charge in [0.1, 0.15) is 24.0 Å². The van der Waals surface area contributed by atoms with Gasteiger partial charge in [-0.3, -0.25) is 5.10 Å². The number of halogens is 1. The van der Waals surface area contributed by atoms with Crippen molar-refractivity contribution in [2.24, 2.45) is 0 Å². The Balaban J connectivity index is 2.22. The molecule has 0 aliphatic carbocycles. The van der Waals surface area contributed by atoms with E-state index in [9.17, 15) is 12.8 Å². The Labute approximate surface area is 108 Å². The van der Waals surface area contributed by atoms with Crippen LogP contribution in [0.4, 0.5) is 4.39 Å². The predicted octanol–water partition coefficient (Wildman–Crippen LogP) is 0.294. The second kappa shape index (κ2) is 5.13. The van der Waals surface area contributed by atoms with E-state index in [0.717, 1.165) is 18.2 Å². The highest BCUT2D eigenvalue weighted by molar-refractivity contribution is 7.89. The summed E-state index contributed by atoms with van der Waals surface area (Å²) in [7, 11) is -3.84. The Bertz CT molecular complexity index is 721. The van der Waals surface area contributed by atoms with Crippen molar-refractivity contribution in [3.05, 3.63) is 41.7 Å². The highest BCUT2D eigenvalue weighted by Crippen LogP contribution is 2.14. The number of nitriles is 1. The Morgan fingerprint density at radius 3 is 2.89 bits per heavy atom. The zero-order valence-corrected chi connectivity index (χ0v) is 10.3. The Hall–Kier alpha value is -2.31. The number of rotatable bonds is 4. The molecule has 9 heteroatoms. The first-order valence-electron chi connectivity index (χ1n) is 5.06. The van der Waals surface area contributed by atoms with E-state index < -0.39 is 15.8 Å². The molecule has 0 fully saturated rings. The minimum Gasteiger partial charge on any atom is -0.262 e. The maximum absolute atomic E-state index is 13.1. The van der Waals surface area contributed by atoms with Crippen LogP contribution >= 0.6 is 0 Å². The van der Waals surface area contributed by atoms with Crippen LogP contribution in [0.25, 0.3) is 0 Å². The lowest BCUT2D eigenvalue weighted by Crippen LogP contribution is -2.24. The fraction of sp³-hybridized carbons (Fsp3) is 0.100. The lowest BCUT2D eigenvalue weighted by atomic mass is 10.2. The van der Waals surface area contributed by atoms with Gasteiger partial charge in [-0.15, -0.1) is 0 Å². The van der Waals surface area contributed by atoms with Crippen LogP contribution in [0.3, 0.4) is 0 Å². The van der Waals surface area contributed by atoms with Gasteiger partial charge in [-0.2, -0.15) is 10.4 Å². The minimum absolute atomic E-state index is 0.0817. The molecule has 0 aliphatic heterocycles. The van der Waals surface area contributed by atoms with Crippen LogP contribution in [0.15, 0.2) is 29.4 Å². The van der Waals surface area contributed by atoms with Gasteiger partial charge >= 0.3 is 0 Å². The van der Waals surface area contributed by atoms with Gasteiger partial charge in [-0.05, 0) is 18.2 Å². The number of nitrogens with one attached hydrogen (secondary N) is 2. The van der Waals surface area contributed by atoms with Crippen LogP contribution in [-0.4, -0.2) is 23.6 Å². The quantitative estimate of drug-likeness (QED) is 0.836. The van der Waals surface area contributed by atoms with Gasteiger partial charge in [0, 0.05) is 0 Å². The first kappa shape index (κ1) is 13.1. The van der Waals surface area contributed by atoms with Crippen molar-refractivity contribution in [1.82, 2.24) is 19.9 Å². The van der Waals surface area contributed by atoms with Crippen molar-refractivity contribution >= 4 is 10.0 Å². The average Bonchev–Trinajstić information content (AvgIpc) is 2.90. The molecule has 1 aromatic heterocycles. The van der Waals surface area contributed by atoms with E-state index in [4.69, 9.17) is 5.26 Å². The van der Waals surface area contributed by atoms with Gasteiger partial charge in [0.05, 0.1) is 17.0 Å². The third kappa shape index (κ3) is 2.93. The molecule has 98 valence electrons. The standard InChI is InChI=1S/C10H8FN5O2S/c11-9-2-1-8(3-7(9)4-12)19(17,18)15-5-10-13-6-14-16-10/h1-3,6,15H,5H2,(H,13,14,16). The molecule has 1 heterocycles. The molecule has 2 rings (SSSR count). The fourth-order valence-corrected chi connectivity index (χ4v) is 2.33. The molecule has 0 saturated heterocycles. The molecule has 2 aromatic rings. The van der Waals surface area contributed by atoms with Gasteiger partial charge in [-0.1, -0.05) is 0 Å². The Kier molecular flexibility index (Phi) is 3.55. The molecule has 0 spiro atoms. The molecule has 0 unspecified atom stereocenters. The van der Waals surface area contributed by atoms with E-state index in [0.29, 0.717) is 5.82 Å². The molecule has 19 heavy (non-hydrogen) atoms. The second-order valence-electron chi connectivity index (χ2n) is 3.51. The topological polar surface area (TPSA) is 112 Å². The smallest absolute Gasteiger partial charge is 0.241 e. The molecule has 0 atom stereocenters. The largest absolute Gasteiger partial charge is 0.262 e. The van der Waals surface area contributed by atoms with E-state index in [1.165, 1.54) is 6.33 Å². The summed E-state index contributed by atoms with van der Waals surface area (Å²) in [5.41, 5.74) is -0.331. The monoisotopic (exact) mass is 281 g/mol. The maximum atomic E-state index is 13.1. The number of H-pyrrole nitrogens is 1. The van der Waals surface area contributed by atoms with Gasteiger partial charge in [0.15, 0.2) is 0 Å². The first-order chi connectivity index (χ1) is 9.03. The molecule has 0 radical (unpaired) electrons. The number of nitrogens with zero attached hydrogens (tertiary/aromatic N) is 3. The summed E-state index contributed by atoms with van der Waals surface area (Å²) in [5.74, 6) is -0.428. The molecule has 1 aromatic carbocycles. The lowest BCUT2D eigenvalue weighted by molar-refractivity contribution is 0.578. The van der Waals surface area contributed by atoms with Crippen LogP contribution in [0.2, 0.25) is 0 Å². The van der Waals surface area contributed by atoms with E-state index in [2.05, 4.69) is 19.9 Å². The summed E-state index contributed by atoms with van der Waals surface area (Å²) in [4.78, 5) is 3.57. The molecule has 0 saturated carbocycles. The number of aromatic amines is 1. The van der Waals surface area contributed by atoms with Gasteiger partial charge < -0.3 is 0 Å². The third-order valence-electron chi connectivity index (χ3n) is 2.26. The third-order valence-corrected chi connectivity index (χ3v) is 3.66. The number of hydrogen-bond donors (Lipinski definition) is 2. The number of hydrogen-bond acceptors (Lipinski definition) is 5. The zero-order valence-electron chi connectivity index (χ0n) is 9.46. The molecular formula is C10H8FN5O2S. The van der Waals surface area contributed by atoms with E-state index >= 15 is 0 Å². The minimum atomic E-state index is -3.84. The number of benzene rings is 1. The zero-order chi connectivity index (χ0) is 13.9. The van der Waals surface area contributed by atoms with Crippen molar-refractivity contribution in [3.8, 4) is 6.07 Å². The van der Waals surface area contributed by atoms with Crippen molar-refractivity contribution < 1.29 is 12.8 Å². The summed E-state index contributed by atoms with van der Waals surface area (Å²) in [6.07, 6.45) is 1.25. The highest BCUT2D eigenvalue weighted by atomic mass is 32.2. The normalized spacial score (nSPS) is 11.2. The summed E-state index contributed by atoms with van der Waals surface area (Å²) < 4.78 is 39.2. The first-order valence-corrected chi connectivity index (χ1v) is 6.55. The summed E-state index contributed by atoms with van der Waals surface area (Å²) in [5, 5.41) is 14.7. The van der Waals surface area contributed by atoms with Gasteiger partial charge in [0.25, 0.3) is 0 Å². The molecule has 0 amide bonds. The van der Waals surface area contributed by atoms with E-state index in [-0.39, 0.29) is 17.0 Å². The average molecular weight is 281 g/mol. The SMILES string of the molecule is N#Cc1cc(S(=O)(=O)NCc2ncn[nH]2)ccc1F. The van der Waals surface area contributed by atoms with Crippen LogP contribution in [0.1, 0.15) is 11.4 Å². The molecular weight excluding hydrogens is 273 g/mol. The van der Waals surface area contributed by atoms with Crippen molar-refractivity contribution in [2.75, 3.05) is 0 Å². The van der Waals surface area contributed by atoms with Gasteiger partial charge in [-0.25, -0.2) is 22.5 Å². The summed E-state index contributed by atoms with van der Waals surface area (Å²) in [6.45, 7) is -0.0817. The fourth-order valence-electron chi connectivity index (χ4n) is 1.32. The van der Waals surface area contributed by atoms with E-state index in [1.807, 2.05) is 0 Å². The number of aromatic nitrogens is 3. The van der Waals surface area contributed by atoms with Crippen LogP contribution in [0, 0.1) is 17.1 Å². The highest BCUT2D eigenvalue weighted by Gasteiger charge is 2.16. The predicted molar refractivity (Wildman–Crippen MR) is 61.5 cm³/mol. The summed E-state index contributed by atoms with van der Waals surface area (Å²) in [6, 6.07) is 4.57. The van der Waals surface area contributed by atoms with E-state index in [1.54, 1.807) is 6.07 Å². The molecule has 0 aliphatic rings. The Morgan fingerprint density at radius 2 is 2.26 bits per heavy atom. The molecule has 0 bridgehead atoms. The molecule has 7 nitrogen and oxygen atoms in total. The van der Waals surface area contributed by atoms with Crippen molar-refractivity contribution in [1.29, 1.82) is 5.26 Å². The van der Waals surface area contributed by atoms with Crippen molar-refractivity contribution in [3.63, 3.8) is 0 Å². The maximum Gasteiger partial charge on any atom is 0.241 e. The second-order valence-corrected chi connectivity index (χ2v) is 5.28. The summed E-state index contributed by atoms with van der Waals surface area (Å²) >= 11 is 0. The van der Waals surface area contributed by atoms with Crippen LogP contribution in [0.5, 0.6) is 0 Å².